The molecule has 0 radical (unpaired) electrons. The van der Waals surface area contributed by atoms with Crippen LogP contribution in [-0.2, 0) is 11.2 Å². The lowest BCUT2D eigenvalue weighted by atomic mass is 10.1. The van der Waals surface area contributed by atoms with Crippen LogP contribution in [0.3, 0.4) is 0 Å². The van der Waals surface area contributed by atoms with E-state index in [1.165, 1.54) is 16.8 Å². The fourth-order valence-electron chi connectivity index (χ4n) is 3.29. The number of ether oxygens (including phenoxy) is 1. The van der Waals surface area contributed by atoms with E-state index in [1.807, 2.05) is 31.2 Å². The molecule has 0 atom stereocenters. The zero-order valence-corrected chi connectivity index (χ0v) is 17.0. The van der Waals surface area contributed by atoms with E-state index >= 15 is 0 Å². The molecule has 28 heavy (non-hydrogen) atoms. The van der Waals surface area contributed by atoms with E-state index in [0.29, 0.717) is 6.54 Å². The summed E-state index contributed by atoms with van der Waals surface area (Å²) in [6, 6.07) is 16.6. The van der Waals surface area contributed by atoms with Crippen molar-refractivity contribution in [2.24, 2.45) is 0 Å². The molecule has 0 aromatic heterocycles. The second-order valence-electron chi connectivity index (χ2n) is 7.51. The molecule has 0 aliphatic carbocycles. The van der Waals surface area contributed by atoms with Crippen LogP contribution in [0, 0.1) is 6.92 Å². The Balaban J connectivity index is 1.32. The van der Waals surface area contributed by atoms with Gasteiger partial charge in [0.05, 0.1) is 0 Å². The monoisotopic (exact) mass is 381 g/mol. The number of nitrogens with one attached hydrogen (secondary N) is 1. The molecule has 0 saturated carbocycles. The number of hydrogen-bond acceptors (Lipinski definition) is 4. The molecule has 0 spiro atoms. The fraction of sp³-hybridized carbons (Fsp3) is 0.435. The van der Waals surface area contributed by atoms with E-state index in [-0.39, 0.29) is 12.5 Å². The predicted octanol–water partition coefficient (Wildman–Crippen LogP) is 2.87. The van der Waals surface area contributed by atoms with Gasteiger partial charge in [0.15, 0.2) is 6.61 Å². The smallest absolute Gasteiger partial charge is 0.257 e. The highest BCUT2D eigenvalue weighted by atomic mass is 16.5. The van der Waals surface area contributed by atoms with Crippen molar-refractivity contribution in [1.82, 2.24) is 10.2 Å². The first kappa shape index (κ1) is 20.2. The molecule has 1 aliphatic heterocycles. The maximum Gasteiger partial charge on any atom is 0.257 e. The van der Waals surface area contributed by atoms with Crippen molar-refractivity contribution < 1.29 is 9.53 Å². The van der Waals surface area contributed by atoms with Crippen LogP contribution >= 0.6 is 0 Å². The predicted molar refractivity (Wildman–Crippen MR) is 114 cm³/mol. The van der Waals surface area contributed by atoms with Gasteiger partial charge in [0, 0.05) is 38.4 Å². The minimum absolute atomic E-state index is 0.0583. The maximum absolute atomic E-state index is 11.9. The van der Waals surface area contributed by atoms with Crippen LogP contribution in [0.4, 0.5) is 5.69 Å². The molecule has 1 saturated heterocycles. The van der Waals surface area contributed by atoms with Crippen molar-refractivity contribution in [2.45, 2.75) is 19.8 Å². The third-order valence-corrected chi connectivity index (χ3v) is 5.16. The Morgan fingerprint density at radius 1 is 1.00 bits per heavy atom. The average molecular weight is 382 g/mol. The number of nitrogens with zero attached hydrogens (tertiary/aromatic N) is 2. The lowest BCUT2D eigenvalue weighted by Crippen LogP contribution is -2.44. The lowest BCUT2D eigenvalue weighted by molar-refractivity contribution is -0.123. The Morgan fingerprint density at radius 3 is 2.36 bits per heavy atom. The normalized spacial score (nSPS) is 14.7. The summed E-state index contributed by atoms with van der Waals surface area (Å²) < 4.78 is 5.50. The van der Waals surface area contributed by atoms with Crippen LogP contribution in [0.25, 0.3) is 0 Å². The van der Waals surface area contributed by atoms with E-state index in [1.54, 1.807) is 0 Å². The van der Waals surface area contributed by atoms with Gasteiger partial charge in [-0.15, -0.1) is 0 Å². The van der Waals surface area contributed by atoms with Gasteiger partial charge in [-0.2, -0.15) is 0 Å². The van der Waals surface area contributed by atoms with E-state index in [9.17, 15) is 4.79 Å². The summed E-state index contributed by atoms with van der Waals surface area (Å²) in [5.74, 6) is 0.646. The van der Waals surface area contributed by atoms with E-state index in [4.69, 9.17) is 4.74 Å². The highest BCUT2D eigenvalue weighted by molar-refractivity contribution is 5.77. The van der Waals surface area contributed by atoms with Crippen molar-refractivity contribution in [3.63, 3.8) is 0 Å². The Labute approximate surface area is 168 Å². The molecule has 1 heterocycles. The number of amides is 1. The molecule has 0 bridgehead atoms. The van der Waals surface area contributed by atoms with E-state index in [2.05, 4.69) is 46.4 Å². The van der Waals surface area contributed by atoms with Gasteiger partial charge >= 0.3 is 0 Å². The molecule has 1 N–H and O–H groups in total. The van der Waals surface area contributed by atoms with Crippen molar-refractivity contribution >= 4 is 11.6 Å². The summed E-state index contributed by atoms with van der Waals surface area (Å²) in [6.07, 6.45) is 1.88. The maximum atomic E-state index is 11.9. The Bertz CT molecular complexity index is 735. The number of hydrogen-bond donors (Lipinski definition) is 1. The summed E-state index contributed by atoms with van der Waals surface area (Å²) in [5.41, 5.74) is 3.79. The summed E-state index contributed by atoms with van der Waals surface area (Å²) in [5, 5.41) is 2.92. The molecule has 5 heteroatoms. The minimum atomic E-state index is -0.0778. The van der Waals surface area contributed by atoms with Gasteiger partial charge in [0.1, 0.15) is 5.75 Å². The first-order valence-electron chi connectivity index (χ1n) is 10.1. The third kappa shape index (κ3) is 6.27. The number of benzene rings is 2. The molecule has 2 aromatic rings. The molecule has 1 fully saturated rings. The summed E-state index contributed by atoms with van der Waals surface area (Å²) in [6.45, 7) is 7.17. The van der Waals surface area contributed by atoms with Gasteiger partial charge in [-0.1, -0.05) is 29.8 Å². The van der Waals surface area contributed by atoms with Gasteiger partial charge in [0.25, 0.3) is 5.91 Å². The second kappa shape index (κ2) is 10.1. The molecule has 3 rings (SSSR count). The van der Waals surface area contributed by atoms with Crippen LogP contribution in [0.5, 0.6) is 5.75 Å². The zero-order valence-electron chi connectivity index (χ0n) is 17.0. The SMILES string of the molecule is Cc1ccc(OCC(=O)NCCCc2ccc(N3CCN(C)CC3)cc2)cc1. The zero-order chi connectivity index (χ0) is 19.8. The summed E-state index contributed by atoms with van der Waals surface area (Å²) in [4.78, 5) is 16.7. The van der Waals surface area contributed by atoms with Crippen LogP contribution in [0.1, 0.15) is 17.5 Å². The largest absolute Gasteiger partial charge is 0.484 e. The molecular weight excluding hydrogens is 350 g/mol. The highest BCUT2D eigenvalue weighted by Crippen LogP contribution is 2.17. The van der Waals surface area contributed by atoms with Gasteiger partial charge in [-0.3, -0.25) is 4.79 Å². The molecule has 1 aliphatic rings. The Kier molecular flexibility index (Phi) is 7.31. The first-order valence-corrected chi connectivity index (χ1v) is 10.1. The van der Waals surface area contributed by atoms with Gasteiger partial charge in [-0.25, -0.2) is 0 Å². The van der Waals surface area contributed by atoms with Crippen molar-refractivity contribution in [3.8, 4) is 5.75 Å². The summed E-state index contributed by atoms with van der Waals surface area (Å²) in [7, 11) is 2.17. The number of aryl methyl sites for hydroxylation is 2. The number of carbonyl (C=O) groups excluding carboxylic acids is 1. The van der Waals surface area contributed by atoms with Gasteiger partial charge in [0.2, 0.25) is 0 Å². The number of carbonyl (C=O) groups is 1. The van der Waals surface area contributed by atoms with Crippen LogP contribution in [0.2, 0.25) is 0 Å². The van der Waals surface area contributed by atoms with Crippen molar-refractivity contribution in [1.29, 1.82) is 0 Å². The van der Waals surface area contributed by atoms with Crippen LogP contribution in [-0.4, -0.2) is 57.2 Å². The highest BCUT2D eigenvalue weighted by Gasteiger charge is 2.13. The van der Waals surface area contributed by atoms with E-state index in [0.717, 1.165) is 44.8 Å². The average Bonchev–Trinajstić information content (AvgIpc) is 2.72. The number of rotatable bonds is 8. The van der Waals surface area contributed by atoms with Crippen LogP contribution in [0.15, 0.2) is 48.5 Å². The van der Waals surface area contributed by atoms with E-state index < -0.39 is 0 Å². The second-order valence-corrected chi connectivity index (χ2v) is 7.51. The third-order valence-electron chi connectivity index (χ3n) is 5.16. The Morgan fingerprint density at radius 2 is 1.68 bits per heavy atom. The number of likely N-dealkylation sites (N-methyl/N-ethyl adjacent to an activating group) is 1. The van der Waals surface area contributed by atoms with Gasteiger partial charge < -0.3 is 19.9 Å². The molecule has 2 aromatic carbocycles. The molecule has 5 nitrogen and oxygen atoms in total. The van der Waals surface area contributed by atoms with Gasteiger partial charge in [-0.05, 0) is 56.6 Å². The quantitative estimate of drug-likeness (QED) is 0.714. The fourth-order valence-corrected chi connectivity index (χ4v) is 3.29. The standard InChI is InChI=1S/C23H31N3O2/c1-19-5-11-22(12-6-19)28-18-23(27)24-13-3-4-20-7-9-21(10-8-20)26-16-14-25(2)15-17-26/h5-12H,3-4,13-18H2,1-2H3,(H,24,27). The minimum Gasteiger partial charge on any atom is -0.484 e. The Hall–Kier alpha value is -2.53. The first-order chi connectivity index (χ1) is 13.6. The van der Waals surface area contributed by atoms with Crippen molar-refractivity contribution in [3.05, 3.63) is 59.7 Å². The lowest BCUT2D eigenvalue weighted by Gasteiger charge is -2.34. The summed E-state index contributed by atoms with van der Waals surface area (Å²) >= 11 is 0. The molecule has 1 amide bonds. The number of piperazine rings is 1. The van der Waals surface area contributed by atoms with Crippen molar-refractivity contribution in [2.75, 3.05) is 51.3 Å². The molecule has 150 valence electrons. The molecule has 0 unspecified atom stereocenters. The molecular formula is C23H31N3O2. The topological polar surface area (TPSA) is 44.8 Å². The number of anilines is 1. The van der Waals surface area contributed by atoms with Crippen LogP contribution < -0.4 is 15.0 Å².